The van der Waals surface area contributed by atoms with E-state index in [4.69, 9.17) is 19.8 Å². The lowest BCUT2D eigenvalue weighted by Crippen LogP contribution is -2.36. The summed E-state index contributed by atoms with van der Waals surface area (Å²) >= 11 is 0. The summed E-state index contributed by atoms with van der Waals surface area (Å²) in [5.74, 6) is 0. The fourth-order valence-corrected chi connectivity index (χ4v) is 1.40. The third-order valence-corrected chi connectivity index (χ3v) is 2.49. The van der Waals surface area contributed by atoms with Crippen molar-refractivity contribution in [2.45, 2.75) is 0 Å². The SMILES string of the molecule is COCCN(CCOCN)S(=O)(=O)O. The van der Waals surface area contributed by atoms with E-state index in [9.17, 15) is 8.42 Å². The highest BCUT2D eigenvalue weighted by molar-refractivity contribution is 7.83. The predicted octanol–water partition coefficient (Wildman–Crippen LogP) is -1.33. The Kier molecular flexibility index (Phi) is 6.97. The van der Waals surface area contributed by atoms with Crippen molar-refractivity contribution in [3.63, 3.8) is 0 Å². The fraction of sp³-hybridized carbons (Fsp3) is 1.00. The summed E-state index contributed by atoms with van der Waals surface area (Å²) in [7, 11) is -2.74. The molecule has 0 aromatic heterocycles. The van der Waals surface area contributed by atoms with Crippen LogP contribution in [0.5, 0.6) is 0 Å². The number of nitrogens with zero attached hydrogens (tertiary/aromatic N) is 1. The number of rotatable bonds is 8. The maximum absolute atomic E-state index is 10.8. The lowest BCUT2D eigenvalue weighted by molar-refractivity contribution is 0.115. The molecule has 0 aliphatic rings. The lowest BCUT2D eigenvalue weighted by Gasteiger charge is -2.17. The minimum atomic E-state index is -4.19. The van der Waals surface area contributed by atoms with Gasteiger partial charge < -0.3 is 15.2 Å². The second-order valence-corrected chi connectivity index (χ2v) is 3.86. The highest BCUT2D eigenvalue weighted by Crippen LogP contribution is 1.96. The quantitative estimate of drug-likeness (QED) is 0.303. The predicted molar refractivity (Wildman–Crippen MR) is 50.0 cm³/mol. The summed E-state index contributed by atoms with van der Waals surface area (Å²) in [4.78, 5) is 0. The van der Waals surface area contributed by atoms with Crippen LogP contribution in [0.2, 0.25) is 0 Å². The summed E-state index contributed by atoms with van der Waals surface area (Å²) in [6, 6.07) is 0. The van der Waals surface area contributed by atoms with Crippen LogP contribution in [-0.4, -0.2) is 57.4 Å². The average molecular weight is 228 g/mol. The maximum atomic E-state index is 10.8. The smallest absolute Gasteiger partial charge is 0.336 e. The number of hydrogen-bond donors (Lipinski definition) is 2. The molecule has 0 aromatic carbocycles. The first kappa shape index (κ1) is 13.8. The van der Waals surface area contributed by atoms with Crippen LogP contribution < -0.4 is 5.73 Å². The van der Waals surface area contributed by atoms with Crippen molar-refractivity contribution in [3.8, 4) is 0 Å². The molecule has 0 saturated heterocycles. The van der Waals surface area contributed by atoms with Crippen molar-refractivity contribution in [2.24, 2.45) is 5.73 Å². The molecule has 14 heavy (non-hydrogen) atoms. The van der Waals surface area contributed by atoms with E-state index >= 15 is 0 Å². The zero-order valence-electron chi connectivity index (χ0n) is 8.05. The molecule has 7 nitrogen and oxygen atoms in total. The van der Waals surface area contributed by atoms with Crippen molar-refractivity contribution in [2.75, 3.05) is 40.1 Å². The van der Waals surface area contributed by atoms with E-state index in [2.05, 4.69) is 0 Å². The minimum absolute atomic E-state index is 0.0175. The molecule has 86 valence electrons. The van der Waals surface area contributed by atoms with Gasteiger partial charge in [0.05, 0.1) is 19.9 Å². The molecule has 8 heteroatoms. The van der Waals surface area contributed by atoms with Crippen molar-refractivity contribution >= 4 is 10.3 Å². The van der Waals surface area contributed by atoms with Gasteiger partial charge in [-0.1, -0.05) is 0 Å². The third kappa shape index (κ3) is 6.24. The molecule has 0 unspecified atom stereocenters. The first-order valence-electron chi connectivity index (χ1n) is 4.01. The molecule has 3 N–H and O–H groups in total. The van der Waals surface area contributed by atoms with Crippen molar-refractivity contribution in [3.05, 3.63) is 0 Å². The van der Waals surface area contributed by atoms with Crippen LogP contribution in [-0.2, 0) is 19.8 Å². The molecule has 0 bridgehead atoms. The van der Waals surface area contributed by atoms with E-state index in [0.29, 0.717) is 0 Å². The van der Waals surface area contributed by atoms with Gasteiger partial charge in [0.25, 0.3) is 0 Å². The number of nitrogens with two attached hydrogens (primary N) is 1. The van der Waals surface area contributed by atoms with Crippen LogP contribution in [0.25, 0.3) is 0 Å². The summed E-state index contributed by atoms with van der Waals surface area (Å²) in [5.41, 5.74) is 5.05. The van der Waals surface area contributed by atoms with Gasteiger partial charge >= 0.3 is 10.3 Å². The second kappa shape index (κ2) is 7.10. The van der Waals surface area contributed by atoms with Gasteiger partial charge in [-0.25, -0.2) is 0 Å². The normalized spacial score (nSPS) is 12.3. The number of methoxy groups -OCH3 is 1. The van der Waals surface area contributed by atoms with E-state index in [1.54, 1.807) is 0 Å². The molecule has 0 atom stereocenters. The van der Waals surface area contributed by atoms with E-state index in [-0.39, 0.29) is 33.0 Å². The maximum Gasteiger partial charge on any atom is 0.336 e. The topological polar surface area (TPSA) is 102 Å². The Hall–Kier alpha value is -0.250. The van der Waals surface area contributed by atoms with E-state index in [1.807, 2.05) is 0 Å². The highest BCUT2D eigenvalue weighted by atomic mass is 32.2. The zero-order valence-corrected chi connectivity index (χ0v) is 8.87. The molecule has 0 spiro atoms. The molecule has 0 rings (SSSR count). The van der Waals surface area contributed by atoms with Crippen molar-refractivity contribution < 1.29 is 22.4 Å². The summed E-state index contributed by atoms with van der Waals surface area (Å²) in [6.45, 7) is 0.509. The Morgan fingerprint density at radius 1 is 1.36 bits per heavy atom. The molecule has 0 aromatic rings. The minimum Gasteiger partial charge on any atom is -0.383 e. The van der Waals surface area contributed by atoms with Crippen LogP contribution in [0, 0.1) is 0 Å². The van der Waals surface area contributed by atoms with E-state index in [0.717, 1.165) is 4.31 Å². The number of hydrogen-bond acceptors (Lipinski definition) is 5. The molecule has 0 amide bonds. The first-order chi connectivity index (χ1) is 6.52. The average Bonchev–Trinajstić information content (AvgIpc) is 2.09. The monoisotopic (exact) mass is 228 g/mol. The summed E-state index contributed by atoms with van der Waals surface area (Å²) in [5, 5.41) is 0. The standard InChI is InChI=1S/C6H16N2O5S/c1-12-4-2-8(14(9,10)11)3-5-13-6-7/h2-7H2,1H3,(H,9,10,11). The van der Waals surface area contributed by atoms with Crippen LogP contribution in [0.3, 0.4) is 0 Å². The first-order valence-corrected chi connectivity index (χ1v) is 5.41. The third-order valence-electron chi connectivity index (χ3n) is 1.47. The van der Waals surface area contributed by atoms with Crippen molar-refractivity contribution in [1.82, 2.24) is 4.31 Å². The lowest BCUT2D eigenvalue weighted by atomic mass is 10.6. The molecular formula is C6H16N2O5S. The van der Waals surface area contributed by atoms with E-state index < -0.39 is 10.3 Å². The Labute approximate surface area is 83.7 Å². The summed E-state index contributed by atoms with van der Waals surface area (Å²) < 4.78 is 40.6. The molecule has 0 aliphatic carbocycles. The van der Waals surface area contributed by atoms with Gasteiger partial charge in [-0.15, -0.1) is 0 Å². The Morgan fingerprint density at radius 2 is 1.93 bits per heavy atom. The molecule has 0 heterocycles. The van der Waals surface area contributed by atoms with Gasteiger partial charge in [0.15, 0.2) is 0 Å². The fourth-order valence-electron chi connectivity index (χ4n) is 0.785. The van der Waals surface area contributed by atoms with Crippen LogP contribution in [0.1, 0.15) is 0 Å². The van der Waals surface area contributed by atoms with Crippen LogP contribution >= 0.6 is 0 Å². The van der Waals surface area contributed by atoms with Crippen molar-refractivity contribution in [1.29, 1.82) is 0 Å². The Morgan fingerprint density at radius 3 is 2.36 bits per heavy atom. The Balaban J connectivity index is 3.99. The highest BCUT2D eigenvalue weighted by Gasteiger charge is 2.17. The summed E-state index contributed by atoms with van der Waals surface area (Å²) in [6.07, 6.45) is 0. The van der Waals surface area contributed by atoms with Gasteiger partial charge in [0, 0.05) is 20.2 Å². The largest absolute Gasteiger partial charge is 0.383 e. The Bertz CT molecular complexity index is 230. The molecule has 0 radical (unpaired) electrons. The number of ether oxygens (including phenoxy) is 2. The van der Waals surface area contributed by atoms with Crippen LogP contribution in [0.4, 0.5) is 0 Å². The molecule has 0 aliphatic heterocycles. The van der Waals surface area contributed by atoms with Crippen LogP contribution in [0.15, 0.2) is 0 Å². The zero-order chi connectivity index (χ0) is 11.0. The molecule has 0 fully saturated rings. The van der Waals surface area contributed by atoms with Gasteiger partial charge in [0.2, 0.25) is 0 Å². The van der Waals surface area contributed by atoms with Gasteiger partial charge in [-0.2, -0.15) is 12.7 Å². The van der Waals surface area contributed by atoms with Gasteiger partial charge in [-0.3, -0.25) is 4.55 Å². The molecule has 0 saturated carbocycles. The van der Waals surface area contributed by atoms with E-state index in [1.165, 1.54) is 7.11 Å². The van der Waals surface area contributed by atoms with Gasteiger partial charge in [-0.05, 0) is 0 Å². The molecular weight excluding hydrogens is 212 g/mol. The second-order valence-electron chi connectivity index (χ2n) is 2.44. The van der Waals surface area contributed by atoms with Gasteiger partial charge in [0.1, 0.15) is 0 Å².